The highest BCUT2D eigenvalue weighted by Gasteiger charge is 2.47. The van der Waals surface area contributed by atoms with E-state index in [1.54, 1.807) is 0 Å². The van der Waals surface area contributed by atoms with Crippen molar-refractivity contribution in [1.82, 2.24) is 0 Å². The second-order valence-corrected chi connectivity index (χ2v) is 15.6. The summed E-state index contributed by atoms with van der Waals surface area (Å²) in [4.78, 5) is 2.41. The molecule has 0 N–H and O–H groups in total. The minimum absolute atomic E-state index is 0.556. The van der Waals surface area contributed by atoms with Crippen molar-refractivity contribution in [2.75, 3.05) is 4.90 Å². The van der Waals surface area contributed by atoms with Crippen molar-refractivity contribution < 1.29 is 0 Å². The Balaban J connectivity index is 1.18. The maximum atomic E-state index is 2.47. The number of anilines is 3. The molecular formula is C59H41N. The molecule has 0 aromatic heterocycles. The zero-order valence-corrected chi connectivity index (χ0v) is 33.1. The molecular weight excluding hydrogens is 723 g/mol. The lowest BCUT2D eigenvalue weighted by atomic mass is 9.66. The van der Waals surface area contributed by atoms with E-state index < -0.39 is 5.41 Å². The zero-order valence-electron chi connectivity index (χ0n) is 33.1. The standard InChI is InChI=1S/C59H41N/c1-6-18-42(19-7-1)44-30-34-49(35-31-44)60(50-36-32-45(33-37-50)43-20-8-2-9-21-43)51-38-39-57-55(40-51)56-41-54(46-22-10-3-11-23-46)52-28-16-17-29-53(52)58(56)59(57,47-24-12-4-13-25-47)48-26-14-5-15-27-48/h1-41H. The van der Waals surface area contributed by atoms with Gasteiger partial charge < -0.3 is 4.90 Å². The molecule has 0 atom stereocenters. The van der Waals surface area contributed by atoms with Gasteiger partial charge in [0.05, 0.1) is 5.41 Å². The molecule has 10 aromatic rings. The van der Waals surface area contributed by atoms with Gasteiger partial charge in [0.2, 0.25) is 0 Å². The van der Waals surface area contributed by atoms with E-state index in [1.165, 1.54) is 77.5 Å². The maximum absolute atomic E-state index is 2.47. The Morgan fingerprint density at radius 3 is 1.17 bits per heavy atom. The molecule has 60 heavy (non-hydrogen) atoms. The first-order valence-corrected chi connectivity index (χ1v) is 20.8. The van der Waals surface area contributed by atoms with Crippen molar-refractivity contribution in [3.05, 3.63) is 271 Å². The first kappa shape index (κ1) is 35.4. The van der Waals surface area contributed by atoms with Crippen LogP contribution < -0.4 is 4.90 Å². The van der Waals surface area contributed by atoms with Gasteiger partial charge in [-0.15, -0.1) is 0 Å². The summed E-state index contributed by atoms with van der Waals surface area (Å²) in [6.45, 7) is 0. The normalized spacial score (nSPS) is 12.5. The van der Waals surface area contributed by atoms with Crippen molar-refractivity contribution in [1.29, 1.82) is 0 Å². The van der Waals surface area contributed by atoms with Gasteiger partial charge in [-0.1, -0.05) is 206 Å². The fourth-order valence-corrected chi connectivity index (χ4v) is 9.66. The molecule has 11 rings (SSSR count). The van der Waals surface area contributed by atoms with Crippen LogP contribution in [0.4, 0.5) is 17.1 Å². The van der Waals surface area contributed by atoms with Gasteiger partial charge in [-0.3, -0.25) is 0 Å². The van der Waals surface area contributed by atoms with E-state index in [9.17, 15) is 0 Å². The SMILES string of the molecule is c1ccc(-c2ccc(N(c3ccc(-c4ccccc4)cc3)c3ccc4c(c3)-c3cc(-c5ccccc5)c5ccccc5c3C4(c3ccccc3)c3ccccc3)cc2)cc1. The summed E-state index contributed by atoms with van der Waals surface area (Å²) >= 11 is 0. The summed E-state index contributed by atoms with van der Waals surface area (Å²) in [7, 11) is 0. The second-order valence-electron chi connectivity index (χ2n) is 15.6. The van der Waals surface area contributed by atoms with Gasteiger partial charge >= 0.3 is 0 Å². The highest BCUT2D eigenvalue weighted by molar-refractivity contribution is 6.08. The highest BCUT2D eigenvalue weighted by atomic mass is 15.1. The molecule has 0 radical (unpaired) electrons. The van der Waals surface area contributed by atoms with Crippen LogP contribution in [0.1, 0.15) is 22.3 Å². The molecule has 0 aliphatic heterocycles. The van der Waals surface area contributed by atoms with Crippen LogP contribution in [0.3, 0.4) is 0 Å². The Labute approximate surface area is 352 Å². The van der Waals surface area contributed by atoms with E-state index >= 15 is 0 Å². The van der Waals surface area contributed by atoms with Crippen LogP contribution in [-0.2, 0) is 5.41 Å². The fraction of sp³-hybridized carbons (Fsp3) is 0.0169. The third-order valence-corrected chi connectivity index (χ3v) is 12.3. The number of rotatable bonds is 8. The Morgan fingerprint density at radius 1 is 0.267 bits per heavy atom. The molecule has 0 spiro atoms. The van der Waals surface area contributed by atoms with Gasteiger partial charge in [0.25, 0.3) is 0 Å². The molecule has 0 saturated carbocycles. The summed E-state index contributed by atoms with van der Waals surface area (Å²) in [6, 6.07) is 91.0. The number of hydrogen-bond donors (Lipinski definition) is 0. The second kappa shape index (κ2) is 14.9. The molecule has 0 bridgehead atoms. The van der Waals surface area contributed by atoms with Crippen molar-refractivity contribution >= 4 is 27.8 Å². The van der Waals surface area contributed by atoms with Crippen LogP contribution in [0.15, 0.2) is 249 Å². The molecule has 0 amide bonds. The predicted octanol–water partition coefficient (Wildman–Crippen LogP) is 15.7. The van der Waals surface area contributed by atoms with E-state index in [0.29, 0.717) is 0 Å². The van der Waals surface area contributed by atoms with Crippen LogP contribution >= 0.6 is 0 Å². The third kappa shape index (κ3) is 5.86. The van der Waals surface area contributed by atoms with Crippen molar-refractivity contribution in [2.24, 2.45) is 0 Å². The zero-order chi connectivity index (χ0) is 39.9. The van der Waals surface area contributed by atoms with Crippen LogP contribution in [0.2, 0.25) is 0 Å². The topological polar surface area (TPSA) is 3.24 Å². The fourth-order valence-electron chi connectivity index (χ4n) is 9.66. The van der Waals surface area contributed by atoms with E-state index in [0.717, 1.165) is 17.1 Å². The molecule has 282 valence electrons. The van der Waals surface area contributed by atoms with Gasteiger partial charge in [-0.05, 0) is 120 Å². The Bertz CT molecular complexity index is 2960. The van der Waals surface area contributed by atoms with E-state index in [2.05, 4.69) is 254 Å². The number of fused-ring (bicyclic) bond motifs is 5. The minimum atomic E-state index is -0.556. The van der Waals surface area contributed by atoms with Gasteiger partial charge in [0.1, 0.15) is 0 Å². The van der Waals surface area contributed by atoms with Crippen LogP contribution in [0.25, 0.3) is 55.3 Å². The Morgan fingerprint density at radius 2 is 0.667 bits per heavy atom. The summed E-state index contributed by atoms with van der Waals surface area (Å²) in [5.74, 6) is 0. The van der Waals surface area contributed by atoms with Crippen LogP contribution in [0.5, 0.6) is 0 Å². The highest BCUT2D eigenvalue weighted by Crippen LogP contribution is 2.60. The summed E-state index contributed by atoms with van der Waals surface area (Å²) in [5, 5.41) is 2.52. The number of hydrogen-bond acceptors (Lipinski definition) is 1. The van der Waals surface area contributed by atoms with Gasteiger partial charge in [0.15, 0.2) is 0 Å². The first-order chi connectivity index (χ1) is 29.8. The van der Waals surface area contributed by atoms with Gasteiger partial charge in [-0.2, -0.15) is 0 Å². The molecule has 0 heterocycles. The molecule has 0 unspecified atom stereocenters. The van der Waals surface area contributed by atoms with Crippen molar-refractivity contribution in [3.8, 4) is 44.5 Å². The lowest BCUT2D eigenvalue weighted by Crippen LogP contribution is -2.29. The average Bonchev–Trinajstić information content (AvgIpc) is 3.64. The van der Waals surface area contributed by atoms with Crippen molar-refractivity contribution in [3.63, 3.8) is 0 Å². The molecule has 1 nitrogen and oxygen atoms in total. The summed E-state index contributed by atoms with van der Waals surface area (Å²) in [6.07, 6.45) is 0. The molecule has 10 aromatic carbocycles. The third-order valence-electron chi connectivity index (χ3n) is 12.3. The van der Waals surface area contributed by atoms with E-state index in [4.69, 9.17) is 0 Å². The largest absolute Gasteiger partial charge is 0.310 e. The number of benzene rings is 10. The van der Waals surface area contributed by atoms with Gasteiger partial charge in [0, 0.05) is 17.1 Å². The first-order valence-electron chi connectivity index (χ1n) is 20.8. The van der Waals surface area contributed by atoms with Crippen LogP contribution in [0, 0.1) is 0 Å². The van der Waals surface area contributed by atoms with Crippen molar-refractivity contribution in [2.45, 2.75) is 5.41 Å². The van der Waals surface area contributed by atoms with E-state index in [1.807, 2.05) is 0 Å². The molecule has 0 fully saturated rings. The minimum Gasteiger partial charge on any atom is -0.310 e. The summed E-state index contributed by atoms with van der Waals surface area (Å²) in [5.41, 5.74) is 17.6. The monoisotopic (exact) mass is 763 g/mol. The van der Waals surface area contributed by atoms with Gasteiger partial charge in [-0.25, -0.2) is 0 Å². The lowest BCUT2D eigenvalue weighted by Gasteiger charge is -2.35. The quantitative estimate of drug-likeness (QED) is 0.149. The molecule has 1 aliphatic rings. The van der Waals surface area contributed by atoms with E-state index in [-0.39, 0.29) is 0 Å². The average molecular weight is 764 g/mol. The lowest BCUT2D eigenvalue weighted by molar-refractivity contribution is 0.775. The maximum Gasteiger partial charge on any atom is 0.0719 e. The Kier molecular flexibility index (Phi) is 8.79. The molecule has 0 saturated heterocycles. The predicted molar refractivity (Wildman–Crippen MR) is 252 cm³/mol. The smallest absolute Gasteiger partial charge is 0.0719 e. The Hall–Kier alpha value is -7.74. The summed E-state index contributed by atoms with van der Waals surface area (Å²) < 4.78 is 0. The molecule has 1 aliphatic carbocycles. The van der Waals surface area contributed by atoms with Crippen LogP contribution in [-0.4, -0.2) is 0 Å². The molecule has 1 heteroatoms. The number of nitrogens with zero attached hydrogens (tertiary/aromatic N) is 1.